The fourth-order valence-corrected chi connectivity index (χ4v) is 6.98. The highest BCUT2D eigenvalue weighted by atomic mass is 32.2. The Labute approximate surface area is 241 Å². The molecular formula is C28H31FN6O4S2. The third-order valence-electron chi connectivity index (χ3n) is 6.86. The van der Waals surface area contributed by atoms with E-state index >= 15 is 4.39 Å². The van der Waals surface area contributed by atoms with E-state index in [0.717, 1.165) is 52.0 Å². The van der Waals surface area contributed by atoms with Crippen LogP contribution in [0.25, 0.3) is 16.6 Å². The van der Waals surface area contributed by atoms with Crippen LogP contribution in [0.1, 0.15) is 30.6 Å². The first-order chi connectivity index (χ1) is 19.7. The van der Waals surface area contributed by atoms with Gasteiger partial charge in [-0.1, -0.05) is 6.42 Å². The van der Waals surface area contributed by atoms with Gasteiger partial charge in [-0.15, -0.1) is 11.3 Å². The van der Waals surface area contributed by atoms with E-state index in [1.165, 1.54) is 56.9 Å². The molecule has 4 aromatic rings. The van der Waals surface area contributed by atoms with E-state index in [4.69, 9.17) is 0 Å². The number of nitrogens with zero attached hydrogens (tertiary/aromatic N) is 3. The van der Waals surface area contributed by atoms with Crippen LogP contribution in [0.3, 0.4) is 0 Å². The summed E-state index contributed by atoms with van der Waals surface area (Å²) in [6.07, 6.45) is 6.14. The van der Waals surface area contributed by atoms with Gasteiger partial charge in [-0.25, -0.2) is 27.3 Å². The van der Waals surface area contributed by atoms with Crippen molar-refractivity contribution in [1.82, 2.24) is 19.2 Å². The number of aromatic nitrogens is 2. The Morgan fingerprint density at radius 3 is 2.56 bits per heavy atom. The SMILES string of the molecule is Cc1ccc(S(=O)(=O)NC(=O)Nc2ccc(-n3cnc4cc(NCCCN5CCCCC5)ccc4c3=O)c(F)c2)s1. The number of sulfonamides is 1. The molecule has 41 heavy (non-hydrogen) atoms. The minimum absolute atomic E-state index is 0.00869. The minimum atomic E-state index is -4.06. The smallest absolute Gasteiger partial charge is 0.333 e. The highest BCUT2D eigenvalue weighted by molar-refractivity contribution is 7.92. The van der Waals surface area contributed by atoms with Crippen LogP contribution in [0.4, 0.5) is 20.6 Å². The molecule has 1 aliphatic heterocycles. The van der Waals surface area contributed by atoms with Gasteiger partial charge in [-0.3, -0.25) is 9.36 Å². The first-order valence-corrected chi connectivity index (χ1v) is 15.7. The zero-order valence-electron chi connectivity index (χ0n) is 22.5. The van der Waals surface area contributed by atoms with Gasteiger partial charge < -0.3 is 15.5 Å². The number of amides is 2. The fraction of sp³-hybridized carbons (Fsp3) is 0.321. The van der Waals surface area contributed by atoms with Crippen LogP contribution in [0.5, 0.6) is 0 Å². The summed E-state index contributed by atoms with van der Waals surface area (Å²) in [4.78, 5) is 33.1. The lowest BCUT2D eigenvalue weighted by atomic mass is 10.1. The van der Waals surface area contributed by atoms with E-state index in [2.05, 4.69) is 20.5 Å². The molecule has 0 spiro atoms. The molecule has 0 saturated carbocycles. The van der Waals surface area contributed by atoms with Crippen LogP contribution >= 0.6 is 11.3 Å². The number of halogens is 1. The number of carbonyl (C=O) groups is 1. The third kappa shape index (κ3) is 6.92. The fourth-order valence-electron chi connectivity index (χ4n) is 4.79. The van der Waals surface area contributed by atoms with Gasteiger partial charge in [0.05, 0.1) is 16.6 Å². The number of fused-ring (bicyclic) bond motifs is 1. The Hall–Kier alpha value is -3.81. The predicted molar refractivity (Wildman–Crippen MR) is 159 cm³/mol. The molecule has 0 radical (unpaired) electrons. The van der Waals surface area contributed by atoms with Crippen molar-refractivity contribution < 1.29 is 17.6 Å². The Morgan fingerprint density at radius 1 is 1.05 bits per heavy atom. The van der Waals surface area contributed by atoms with Gasteiger partial charge >= 0.3 is 6.03 Å². The van der Waals surface area contributed by atoms with E-state index in [1.807, 2.05) is 10.8 Å². The van der Waals surface area contributed by atoms with Crippen LogP contribution < -0.4 is 20.9 Å². The van der Waals surface area contributed by atoms with Crippen molar-refractivity contribution in [3.8, 4) is 5.69 Å². The number of rotatable bonds is 9. The van der Waals surface area contributed by atoms with Crippen molar-refractivity contribution in [3.05, 3.63) is 75.9 Å². The summed E-state index contributed by atoms with van der Waals surface area (Å²) >= 11 is 1.02. The van der Waals surface area contributed by atoms with Crippen molar-refractivity contribution in [3.63, 3.8) is 0 Å². The zero-order valence-corrected chi connectivity index (χ0v) is 24.2. The largest absolute Gasteiger partial charge is 0.385 e. The summed E-state index contributed by atoms with van der Waals surface area (Å²) in [5.41, 5.74) is 0.860. The highest BCUT2D eigenvalue weighted by Gasteiger charge is 2.20. The van der Waals surface area contributed by atoms with Crippen LogP contribution in [0.15, 0.2) is 63.9 Å². The number of hydrogen-bond acceptors (Lipinski definition) is 8. The number of carbonyl (C=O) groups excluding carboxylic acids is 1. The Morgan fingerprint density at radius 2 is 1.83 bits per heavy atom. The molecule has 10 nitrogen and oxygen atoms in total. The van der Waals surface area contributed by atoms with Crippen molar-refractivity contribution >= 4 is 49.7 Å². The van der Waals surface area contributed by atoms with Gasteiger partial charge in [-0.2, -0.15) is 0 Å². The van der Waals surface area contributed by atoms with Gasteiger partial charge in [-0.05, 0) is 94.4 Å². The molecule has 216 valence electrons. The molecule has 3 N–H and O–H groups in total. The zero-order chi connectivity index (χ0) is 29.0. The summed E-state index contributed by atoms with van der Waals surface area (Å²) in [6, 6.07) is 11.0. The molecule has 3 heterocycles. The van der Waals surface area contributed by atoms with Crippen molar-refractivity contribution in [2.75, 3.05) is 36.8 Å². The van der Waals surface area contributed by atoms with E-state index in [1.54, 1.807) is 25.1 Å². The van der Waals surface area contributed by atoms with Crippen molar-refractivity contribution in [2.24, 2.45) is 0 Å². The molecule has 0 unspecified atom stereocenters. The number of piperidine rings is 1. The van der Waals surface area contributed by atoms with E-state index in [0.29, 0.717) is 10.9 Å². The monoisotopic (exact) mass is 598 g/mol. The summed E-state index contributed by atoms with van der Waals surface area (Å²) < 4.78 is 42.8. The third-order valence-corrected chi connectivity index (χ3v) is 9.68. The minimum Gasteiger partial charge on any atom is -0.385 e. The molecule has 5 rings (SSSR count). The van der Waals surface area contributed by atoms with E-state index in [9.17, 15) is 18.0 Å². The number of nitrogens with one attached hydrogen (secondary N) is 3. The molecule has 0 bridgehead atoms. The van der Waals surface area contributed by atoms with Gasteiger partial charge in [0.1, 0.15) is 16.4 Å². The number of benzene rings is 2. The summed E-state index contributed by atoms with van der Waals surface area (Å²) in [5.74, 6) is -0.796. The summed E-state index contributed by atoms with van der Waals surface area (Å²) in [7, 11) is -4.06. The molecule has 0 aliphatic carbocycles. The molecule has 1 aliphatic rings. The number of urea groups is 1. The maximum absolute atomic E-state index is 15.1. The lowest BCUT2D eigenvalue weighted by Gasteiger charge is -2.26. The van der Waals surface area contributed by atoms with Gasteiger partial charge in [0.15, 0.2) is 0 Å². The number of likely N-dealkylation sites (tertiary alicyclic amines) is 1. The first kappa shape index (κ1) is 28.7. The molecule has 1 saturated heterocycles. The maximum Gasteiger partial charge on any atom is 0.333 e. The predicted octanol–water partition coefficient (Wildman–Crippen LogP) is 4.69. The topological polar surface area (TPSA) is 125 Å². The number of thiophene rings is 1. The van der Waals surface area contributed by atoms with Crippen molar-refractivity contribution in [1.29, 1.82) is 0 Å². The van der Waals surface area contributed by atoms with E-state index in [-0.39, 0.29) is 15.6 Å². The van der Waals surface area contributed by atoms with Crippen LogP contribution in [-0.2, 0) is 10.0 Å². The van der Waals surface area contributed by atoms with Crippen LogP contribution in [0.2, 0.25) is 0 Å². The standard InChI is InChI=1S/C28H31FN6O4S2/c1-19-6-11-26(40-19)41(38,39)33-28(37)32-21-8-10-25(23(29)16-21)35-18-31-24-17-20(7-9-22(24)27(35)36)30-12-5-15-34-13-3-2-4-14-34/h6-11,16-18,30H,2-5,12-15H2,1H3,(H2,32,33,37). The summed E-state index contributed by atoms with van der Waals surface area (Å²) in [6.45, 7) is 5.95. The molecule has 1 fully saturated rings. The average Bonchev–Trinajstić information content (AvgIpc) is 3.39. The number of anilines is 2. The van der Waals surface area contributed by atoms with E-state index < -0.39 is 27.4 Å². The molecular weight excluding hydrogens is 567 g/mol. The Kier molecular flexibility index (Phi) is 8.66. The number of aryl methyl sites for hydroxylation is 1. The lowest BCUT2D eigenvalue weighted by molar-refractivity contribution is 0.228. The lowest BCUT2D eigenvalue weighted by Crippen LogP contribution is -2.34. The van der Waals surface area contributed by atoms with Gasteiger partial charge in [0.25, 0.3) is 15.6 Å². The first-order valence-electron chi connectivity index (χ1n) is 13.4. The quantitative estimate of drug-likeness (QED) is 0.239. The molecule has 13 heteroatoms. The second-order valence-corrected chi connectivity index (χ2v) is 13.1. The Balaban J connectivity index is 1.24. The second kappa shape index (κ2) is 12.4. The number of hydrogen-bond donors (Lipinski definition) is 3. The van der Waals surface area contributed by atoms with Crippen molar-refractivity contribution in [2.45, 2.75) is 36.8 Å². The summed E-state index contributed by atoms with van der Waals surface area (Å²) in [5, 5.41) is 6.03. The Bertz CT molecular complexity index is 1730. The maximum atomic E-state index is 15.1. The van der Waals surface area contributed by atoms with Crippen LogP contribution in [-0.4, -0.2) is 55.1 Å². The molecule has 0 atom stereocenters. The molecule has 2 aromatic heterocycles. The molecule has 2 aromatic carbocycles. The highest BCUT2D eigenvalue weighted by Crippen LogP contribution is 2.22. The second-order valence-electron chi connectivity index (χ2n) is 9.93. The van der Waals surface area contributed by atoms with Gasteiger partial charge in [0, 0.05) is 22.8 Å². The molecule has 2 amide bonds. The average molecular weight is 599 g/mol. The normalized spacial score (nSPS) is 14.2. The van der Waals surface area contributed by atoms with Gasteiger partial charge in [0.2, 0.25) is 0 Å². The van der Waals surface area contributed by atoms with Crippen LogP contribution in [0, 0.1) is 12.7 Å².